The van der Waals surface area contributed by atoms with E-state index in [2.05, 4.69) is 0 Å². The molecule has 64 valence electrons. The lowest BCUT2D eigenvalue weighted by atomic mass is 9.90. The van der Waals surface area contributed by atoms with Crippen LogP contribution in [-0.4, -0.2) is 18.0 Å². The Hall–Kier alpha value is -0.370. The summed E-state index contributed by atoms with van der Waals surface area (Å²) in [4.78, 5) is 11.4. The Morgan fingerprint density at radius 1 is 1.55 bits per heavy atom. The van der Waals surface area contributed by atoms with Crippen LogP contribution in [0.4, 0.5) is 0 Å². The maximum Gasteiger partial charge on any atom is 0.164 e. The van der Waals surface area contributed by atoms with Crippen molar-refractivity contribution >= 4 is 5.78 Å². The molecular weight excluding hydrogens is 140 g/mol. The highest BCUT2D eigenvalue weighted by Gasteiger charge is 2.39. The predicted octanol–water partition coefficient (Wildman–Crippen LogP) is 1.92. The average molecular weight is 156 g/mol. The molecule has 0 amide bonds. The second-order valence-corrected chi connectivity index (χ2v) is 3.08. The van der Waals surface area contributed by atoms with Gasteiger partial charge in [0.1, 0.15) is 5.60 Å². The van der Waals surface area contributed by atoms with Crippen molar-refractivity contribution in [2.75, 3.05) is 6.61 Å². The van der Waals surface area contributed by atoms with Gasteiger partial charge in [0.2, 0.25) is 0 Å². The molecule has 0 aromatic rings. The second-order valence-electron chi connectivity index (χ2n) is 3.08. The molecule has 1 saturated heterocycles. The van der Waals surface area contributed by atoms with Gasteiger partial charge in [-0.05, 0) is 19.3 Å². The summed E-state index contributed by atoms with van der Waals surface area (Å²) >= 11 is 0. The van der Waals surface area contributed by atoms with Gasteiger partial charge in [-0.3, -0.25) is 4.79 Å². The second kappa shape index (κ2) is 3.35. The van der Waals surface area contributed by atoms with Gasteiger partial charge in [0.25, 0.3) is 0 Å². The van der Waals surface area contributed by atoms with Gasteiger partial charge in [-0.2, -0.15) is 0 Å². The molecule has 2 heteroatoms. The number of Topliss-reactive ketones (excluding diaryl/α,β-unsaturated/α-hetero) is 1. The fraction of sp³-hybridized carbons (Fsp3) is 0.889. The molecule has 1 heterocycles. The number of hydrogen-bond acceptors (Lipinski definition) is 2. The highest BCUT2D eigenvalue weighted by molar-refractivity contribution is 5.87. The third kappa shape index (κ3) is 1.45. The highest BCUT2D eigenvalue weighted by Crippen LogP contribution is 2.30. The van der Waals surface area contributed by atoms with Crippen LogP contribution in [-0.2, 0) is 9.53 Å². The summed E-state index contributed by atoms with van der Waals surface area (Å²) in [5.41, 5.74) is -0.394. The van der Waals surface area contributed by atoms with Crippen molar-refractivity contribution in [2.24, 2.45) is 0 Å². The van der Waals surface area contributed by atoms with Gasteiger partial charge in [0.15, 0.2) is 5.78 Å². The van der Waals surface area contributed by atoms with Crippen molar-refractivity contribution in [3.8, 4) is 0 Å². The first-order chi connectivity index (χ1) is 5.25. The van der Waals surface area contributed by atoms with Crippen LogP contribution < -0.4 is 0 Å². The summed E-state index contributed by atoms with van der Waals surface area (Å²) in [7, 11) is 0. The molecule has 0 radical (unpaired) electrons. The maximum absolute atomic E-state index is 11.4. The van der Waals surface area contributed by atoms with Crippen LogP contribution in [0.5, 0.6) is 0 Å². The Labute approximate surface area is 67.9 Å². The largest absolute Gasteiger partial charge is 0.367 e. The van der Waals surface area contributed by atoms with E-state index in [9.17, 15) is 4.79 Å². The molecule has 0 spiro atoms. The monoisotopic (exact) mass is 156 g/mol. The van der Waals surface area contributed by atoms with Gasteiger partial charge >= 0.3 is 0 Å². The minimum absolute atomic E-state index is 0.275. The van der Waals surface area contributed by atoms with Crippen molar-refractivity contribution in [3.05, 3.63) is 0 Å². The summed E-state index contributed by atoms with van der Waals surface area (Å²) in [5, 5.41) is 0. The van der Waals surface area contributed by atoms with Gasteiger partial charge in [-0.25, -0.2) is 0 Å². The van der Waals surface area contributed by atoms with E-state index in [0.717, 1.165) is 25.9 Å². The fourth-order valence-corrected chi connectivity index (χ4v) is 1.72. The van der Waals surface area contributed by atoms with E-state index in [1.54, 1.807) is 0 Å². The highest BCUT2D eigenvalue weighted by atomic mass is 16.5. The van der Waals surface area contributed by atoms with Crippen LogP contribution in [0.3, 0.4) is 0 Å². The molecule has 1 aliphatic rings. The maximum atomic E-state index is 11.4. The smallest absolute Gasteiger partial charge is 0.164 e. The lowest BCUT2D eigenvalue weighted by Crippen LogP contribution is -2.36. The van der Waals surface area contributed by atoms with Crippen LogP contribution in [0, 0.1) is 0 Å². The first kappa shape index (κ1) is 8.72. The molecule has 2 nitrogen and oxygen atoms in total. The molecule has 1 fully saturated rings. The molecule has 1 atom stereocenters. The SMILES string of the molecule is CCC(=O)[C@]1(CC)CCCO1. The van der Waals surface area contributed by atoms with E-state index < -0.39 is 5.60 Å². The fourth-order valence-electron chi connectivity index (χ4n) is 1.72. The Bertz CT molecular complexity index is 146. The number of hydrogen-bond donors (Lipinski definition) is 0. The number of carbonyl (C=O) groups is 1. The van der Waals surface area contributed by atoms with E-state index in [1.807, 2.05) is 13.8 Å². The standard InChI is InChI=1S/C9H16O2/c1-3-8(10)9(4-2)6-5-7-11-9/h3-7H2,1-2H3/t9-/m0/s1. The van der Waals surface area contributed by atoms with E-state index in [4.69, 9.17) is 4.74 Å². The van der Waals surface area contributed by atoms with Gasteiger partial charge < -0.3 is 4.74 Å². The molecule has 1 rings (SSSR count). The molecule has 0 aliphatic carbocycles. The molecular formula is C9H16O2. The van der Waals surface area contributed by atoms with Crippen LogP contribution in [0.2, 0.25) is 0 Å². The van der Waals surface area contributed by atoms with E-state index in [-0.39, 0.29) is 5.78 Å². The van der Waals surface area contributed by atoms with Crippen LogP contribution in [0.15, 0.2) is 0 Å². The van der Waals surface area contributed by atoms with Crippen LogP contribution >= 0.6 is 0 Å². The van der Waals surface area contributed by atoms with Crippen molar-refractivity contribution in [1.29, 1.82) is 0 Å². The first-order valence-corrected chi connectivity index (χ1v) is 4.42. The quantitative estimate of drug-likeness (QED) is 0.624. The summed E-state index contributed by atoms with van der Waals surface area (Å²) in [6.07, 6.45) is 3.41. The van der Waals surface area contributed by atoms with Crippen molar-refractivity contribution in [3.63, 3.8) is 0 Å². The zero-order chi connectivity index (χ0) is 8.32. The van der Waals surface area contributed by atoms with Gasteiger partial charge in [0.05, 0.1) is 0 Å². The number of rotatable bonds is 3. The number of ketones is 1. The summed E-state index contributed by atoms with van der Waals surface area (Å²) in [6.45, 7) is 4.69. The average Bonchev–Trinajstić information content (AvgIpc) is 2.52. The molecule has 0 saturated carbocycles. The van der Waals surface area contributed by atoms with Gasteiger partial charge in [0, 0.05) is 13.0 Å². The summed E-state index contributed by atoms with van der Waals surface area (Å²) in [5.74, 6) is 0.275. The Morgan fingerprint density at radius 3 is 2.64 bits per heavy atom. The Kier molecular flexibility index (Phi) is 2.66. The summed E-state index contributed by atoms with van der Waals surface area (Å²) in [6, 6.07) is 0. The minimum Gasteiger partial charge on any atom is -0.367 e. The molecule has 0 aromatic carbocycles. The zero-order valence-corrected chi connectivity index (χ0v) is 7.35. The van der Waals surface area contributed by atoms with Crippen molar-refractivity contribution in [2.45, 2.75) is 45.1 Å². The van der Waals surface area contributed by atoms with Crippen LogP contribution in [0.25, 0.3) is 0 Å². The molecule has 0 unspecified atom stereocenters. The van der Waals surface area contributed by atoms with Crippen LogP contribution in [0.1, 0.15) is 39.5 Å². The van der Waals surface area contributed by atoms with Crippen molar-refractivity contribution < 1.29 is 9.53 Å². The third-order valence-electron chi connectivity index (χ3n) is 2.50. The lowest BCUT2D eigenvalue weighted by molar-refractivity contribution is -0.139. The molecule has 0 aromatic heterocycles. The molecule has 0 bridgehead atoms. The lowest BCUT2D eigenvalue weighted by Gasteiger charge is -2.24. The van der Waals surface area contributed by atoms with Gasteiger partial charge in [-0.15, -0.1) is 0 Å². The Morgan fingerprint density at radius 2 is 2.27 bits per heavy atom. The van der Waals surface area contributed by atoms with E-state index in [0.29, 0.717) is 6.42 Å². The van der Waals surface area contributed by atoms with Gasteiger partial charge in [-0.1, -0.05) is 13.8 Å². The van der Waals surface area contributed by atoms with E-state index in [1.165, 1.54) is 0 Å². The first-order valence-electron chi connectivity index (χ1n) is 4.42. The summed E-state index contributed by atoms with van der Waals surface area (Å²) < 4.78 is 5.49. The van der Waals surface area contributed by atoms with E-state index >= 15 is 0 Å². The molecule has 0 N–H and O–H groups in total. The normalized spacial score (nSPS) is 30.7. The number of ether oxygens (including phenoxy) is 1. The topological polar surface area (TPSA) is 26.3 Å². The molecule has 11 heavy (non-hydrogen) atoms. The zero-order valence-electron chi connectivity index (χ0n) is 7.35. The minimum atomic E-state index is -0.394. The van der Waals surface area contributed by atoms with Crippen molar-refractivity contribution in [1.82, 2.24) is 0 Å². The number of carbonyl (C=O) groups excluding carboxylic acids is 1. The predicted molar refractivity (Wildman–Crippen MR) is 43.5 cm³/mol. The third-order valence-corrected chi connectivity index (χ3v) is 2.50. The molecule has 1 aliphatic heterocycles. The Balaban J connectivity index is 2.66.